The lowest BCUT2D eigenvalue weighted by Crippen LogP contribution is -2.21. The van der Waals surface area contributed by atoms with Gasteiger partial charge in [0.05, 0.1) is 0 Å². The number of alkyl halides is 1. The molecule has 1 aromatic rings. The fourth-order valence-electron chi connectivity index (χ4n) is 1.04. The molecule has 1 rings (SSSR count). The zero-order valence-corrected chi connectivity index (χ0v) is 7.08. The molecule has 0 spiro atoms. The van der Waals surface area contributed by atoms with Gasteiger partial charge in [0.1, 0.15) is 12.0 Å². The zero-order valence-electron chi connectivity index (χ0n) is 9.08. The van der Waals surface area contributed by atoms with Crippen LogP contribution in [0, 0.1) is 5.82 Å². The Morgan fingerprint density at radius 3 is 2.54 bits per heavy atom. The summed E-state index contributed by atoms with van der Waals surface area (Å²) in [6.45, 7) is -1.59. The molecule has 0 aromatic heterocycles. The van der Waals surface area contributed by atoms with Crippen molar-refractivity contribution < 1.29 is 11.5 Å². The van der Waals surface area contributed by atoms with Crippen LogP contribution in [0.2, 0.25) is 0 Å². The molecule has 0 aliphatic rings. The first-order chi connectivity index (χ1) is 7.06. The van der Waals surface area contributed by atoms with Gasteiger partial charge in [0, 0.05) is 15.2 Å². The van der Waals surface area contributed by atoms with Gasteiger partial charge in [-0.15, -0.1) is 0 Å². The maximum Gasteiger partial charge on any atom is 0.123 e. The summed E-state index contributed by atoms with van der Waals surface area (Å²) >= 11 is 0. The fraction of sp³-hybridized carbons (Fsp3) is 0.400. The molecule has 0 aliphatic heterocycles. The molecule has 0 radical (unpaired) electrons. The highest BCUT2D eigenvalue weighted by atomic mass is 19.1. The van der Waals surface area contributed by atoms with Crippen LogP contribution in [0.4, 0.5) is 8.78 Å². The molecule has 0 saturated heterocycles. The van der Waals surface area contributed by atoms with Crippen LogP contribution in [-0.4, -0.2) is 12.7 Å². The lowest BCUT2D eigenvalue weighted by Gasteiger charge is -2.14. The summed E-state index contributed by atoms with van der Waals surface area (Å²) in [7, 11) is 0. The van der Waals surface area contributed by atoms with Gasteiger partial charge in [0.15, 0.2) is 0 Å². The van der Waals surface area contributed by atoms with E-state index in [0.717, 1.165) is 0 Å². The van der Waals surface area contributed by atoms with E-state index in [1.54, 1.807) is 0 Å². The molecule has 13 heavy (non-hydrogen) atoms. The van der Waals surface area contributed by atoms with Crippen LogP contribution in [-0.2, 0) is 0 Å². The van der Waals surface area contributed by atoms with Gasteiger partial charge >= 0.3 is 0 Å². The van der Waals surface area contributed by atoms with E-state index in [0.29, 0.717) is 5.56 Å². The van der Waals surface area contributed by atoms with Crippen molar-refractivity contribution in [2.45, 2.75) is 19.0 Å². The van der Waals surface area contributed by atoms with E-state index in [4.69, 9.17) is 8.48 Å². The third-order valence-corrected chi connectivity index (χ3v) is 1.87. The van der Waals surface area contributed by atoms with E-state index in [1.165, 1.54) is 24.3 Å². The van der Waals surface area contributed by atoms with Gasteiger partial charge in [0.2, 0.25) is 0 Å². The summed E-state index contributed by atoms with van der Waals surface area (Å²) in [5, 5.41) is 0. The van der Waals surface area contributed by atoms with E-state index >= 15 is 0 Å². The van der Waals surface area contributed by atoms with Crippen molar-refractivity contribution in [1.82, 2.24) is 0 Å². The highest BCUT2D eigenvalue weighted by Crippen LogP contribution is 2.20. The van der Waals surface area contributed by atoms with Crippen LogP contribution in [0.3, 0.4) is 0 Å². The Hall–Kier alpha value is -0.960. The lowest BCUT2D eigenvalue weighted by molar-refractivity contribution is 0.299. The van der Waals surface area contributed by atoms with Crippen LogP contribution in [0.5, 0.6) is 0 Å². The Morgan fingerprint density at radius 2 is 2.08 bits per heavy atom. The number of benzene rings is 1. The van der Waals surface area contributed by atoms with Gasteiger partial charge in [-0.3, -0.25) is 0 Å². The van der Waals surface area contributed by atoms with Gasteiger partial charge in [-0.2, -0.15) is 0 Å². The van der Waals surface area contributed by atoms with E-state index in [2.05, 4.69) is 0 Å². The summed E-state index contributed by atoms with van der Waals surface area (Å²) in [5.41, 5.74) is 5.60. The first kappa shape index (κ1) is 7.44. The monoisotopic (exact) mass is 187 g/mol. The molecule has 0 fully saturated rings. The van der Waals surface area contributed by atoms with E-state index in [1.807, 2.05) is 0 Å². The molecule has 2 N–H and O–H groups in total. The van der Waals surface area contributed by atoms with Gasteiger partial charge in [-0.05, 0) is 17.7 Å². The summed E-state index contributed by atoms with van der Waals surface area (Å²) in [4.78, 5) is 0. The second-order valence-electron chi connectivity index (χ2n) is 2.83. The van der Waals surface area contributed by atoms with E-state index < -0.39 is 24.8 Å². The summed E-state index contributed by atoms with van der Waals surface area (Å²) < 4.78 is 40.5. The van der Waals surface area contributed by atoms with Crippen molar-refractivity contribution >= 4 is 0 Å². The second kappa shape index (κ2) is 4.33. The molecular weight excluding hydrogens is 172 g/mol. The minimum absolute atomic E-state index is 0.240. The quantitative estimate of drug-likeness (QED) is 0.771. The summed E-state index contributed by atoms with van der Waals surface area (Å²) in [6.07, 6.45) is -1.45. The number of halogens is 2. The molecule has 3 heteroatoms. The first-order valence-electron chi connectivity index (χ1n) is 5.16. The first-order valence-corrected chi connectivity index (χ1v) is 4.00. The van der Waals surface area contributed by atoms with Crippen molar-refractivity contribution in [2.75, 3.05) is 6.54 Å². The molecule has 0 aliphatic carbocycles. The summed E-state index contributed by atoms with van der Waals surface area (Å²) in [6, 6.07) is 5.15. The smallest absolute Gasteiger partial charge is 0.123 e. The number of rotatable bonds is 3. The topological polar surface area (TPSA) is 26.0 Å². The average molecular weight is 187 g/mol. The second-order valence-corrected chi connectivity index (χ2v) is 2.83. The lowest BCUT2D eigenvalue weighted by atomic mass is 9.96. The Kier molecular flexibility index (Phi) is 2.48. The third-order valence-electron chi connectivity index (χ3n) is 1.87. The van der Waals surface area contributed by atoms with Crippen LogP contribution >= 0.6 is 0 Å². The molecule has 0 amide bonds. The largest absolute Gasteiger partial charge is 0.328 e. The molecule has 0 saturated carbocycles. The van der Waals surface area contributed by atoms with E-state index in [-0.39, 0.29) is 6.54 Å². The highest BCUT2D eigenvalue weighted by molar-refractivity contribution is 5.20. The summed E-state index contributed by atoms with van der Waals surface area (Å²) in [5.74, 6) is -1.34. The van der Waals surface area contributed by atoms with E-state index in [9.17, 15) is 8.78 Å². The third kappa shape index (κ3) is 2.49. The van der Waals surface area contributed by atoms with Crippen molar-refractivity contribution in [1.29, 1.82) is 0 Å². The van der Waals surface area contributed by atoms with Crippen LogP contribution in [0.1, 0.15) is 21.1 Å². The number of hydrogen-bond acceptors (Lipinski definition) is 1. The van der Waals surface area contributed by atoms with Gasteiger partial charge in [-0.1, -0.05) is 19.0 Å². The Balaban J connectivity index is 2.94. The maximum absolute atomic E-state index is 13.4. The maximum atomic E-state index is 13.4. The molecule has 72 valence electrons. The molecule has 1 nitrogen and oxygen atoms in total. The number of hydrogen-bond donors (Lipinski definition) is 1. The van der Waals surface area contributed by atoms with Crippen molar-refractivity contribution in [2.24, 2.45) is 5.73 Å². The standard InChI is InChI=1S/C10H13F2N/c1-7(10(12)6-13)8-2-4-9(11)5-3-8/h2-5,7,10H,6,13H2,1H3/i1D2. The Labute approximate surface area is 79.4 Å². The van der Waals surface area contributed by atoms with Gasteiger partial charge in [0.25, 0.3) is 0 Å². The average Bonchev–Trinajstić information content (AvgIpc) is 2.20. The van der Waals surface area contributed by atoms with Crippen LogP contribution in [0.15, 0.2) is 24.3 Å². The van der Waals surface area contributed by atoms with Gasteiger partial charge < -0.3 is 5.73 Å². The molecular formula is C10H13F2N. The fourth-order valence-corrected chi connectivity index (χ4v) is 1.04. The molecule has 0 heterocycles. The number of nitrogens with two attached hydrogens (primary N) is 1. The molecule has 2 atom stereocenters. The predicted octanol–water partition coefficient (Wildman–Crippen LogP) is 2.23. The molecule has 0 bridgehead atoms. The van der Waals surface area contributed by atoms with Gasteiger partial charge in [-0.25, -0.2) is 8.78 Å². The normalized spacial score (nSPS) is 17.8. The highest BCUT2D eigenvalue weighted by Gasteiger charge is 2.15. The Bertz CT molecular complexity index is 303. The molecule has 1 aromatic carbocycles. The van der Waals surface area contributed by atoms with Crippen LogP contribution in [0.25, 0.3) is 0 Å². The minimum Gasteiger partial charge on any atom is -0.328 e. The zero-order chi connectivity index (χ0) is 11.4. The van der Waals surface area contributed by atoms with Crippen molar-refractivity contribution in [3.8, 4) is 0 Å². The Morgan fingerprint density at radius 1 is 1.46 bits per heavy atom. The predicted molar refractivity (Wildman–Crippen MR) is 48.8 cm³/mol. The van der Waals surface area contributed by atoms with Crippen LogP contribution < -0.4 is 5.73 Å². The molecule has 2 unspecified atom stereocenters. The minimum atomic E-state index is -1.45. The SMILES string of the molecule is [2H]C([2H])C(c1ccc(F)cc1)C(F)CN. The van der Waals surface area contributed by atoms with Crippen molar-refractivity contribution in [3.63, 3.8) is 0 Å². The van der Waals surface area contributed by atoms with Crippen molar-refractivity contribution in [3.05, 3.63) is 35.6 Å².